The summed E-state index contributed by atoms with van der Waals surface area (Å²) in [5.74, 6) is -1.39. The van der Waals surface area contributed by atoms with E-state index in [0.29, 0.717) is 0 Å². The number of hydrogen-bond acceptors (Lipinski definition) is 3. The van der Waals surface area contributed by atoms with Crippen LogP contribution in [0.3, 0.4) is 0 Å². The average Bonchev–Trinajstić information content (AvgIpc) is 2.50. The average molecular weight is 233 g/mol. The van der Waals surface area contributed by atoms with E-state index in [1.807, 2.05) is 0 Å². The second kappa shape index (κ2) is 3.75. The summed E-state index contributed by atoms with van der Waals surface area (Å²) in [5, 5.41) is 8.40. The molecule has 2 aliphatic rings. The number of sulfonamides is 1. The Kier molecular flexibility index (Phi) is 2.72. The second-order valence-electron chi connectivity index (χ2n) is 4.30. The summed E-state index contributed by atoms with van der Waals surface area (Å²) in [7, 11) is -3.20. The van der Waals surface area contributed by atoms with Gasteiger partial charge in [0.1, 0.15) is 0 Å². The van der Waals surface area contributed by atoms with Gasteiger partial charge in [-0.1, -0.05) is 12.8 Å². The van der Waals surface area contributed by atoms with E-state index in [0.717, 1.165) is 25.7 Å². The van der Waals surface area contributed by atoms with E-state index >= 15 is 0 Å². The molecule has 0 aromatic carbocycles. The van der Waals surface area contributed by atoms with Crippen LogP contribution in [0.2, 0.25) is 0 Å². The summed E-state index contributed by atoms with van der Waals surface area (Å²) >= 11 is 0. The highest BCUT2D eigenvalue weighted by atomic mass is 32.2. The number of carboxylic acids is 1. The molecule has 0 amide bonds. The Morgan fingerprint density at radius 2 is 1.73 bits per heavy atom. The lowest BCUT2D eigenvalue weighted by Crippen LogP contribution is -2.55. The van der Waals surface area contributed by atoms with Crippen molar-refractivity contribution in [1.29, 1.82) is 0 Å². The van der Waals surface area contributed by atoms with Crippen LogP contribution in [0.15, 0.2) is 0 Å². The normalized spacial score (nSPS) is 25.3. The molecule has 0 atom stereocenters. The van der Waals surface area contributed by atoms with Crippen molar-refractivity contribution in [2.45, 2.75) is 30.9 Å². The molecule has 1 aliphatic heterocycles. The molecule has 0 bridgehead atoms. The topological polar surface area (TPSA) is 74.7 Å². The Morgan fingerprint density at radius 1 is 1.20 bits per heavy atom. The van der Waals surface area contributed by atoms with Crippen LogP contribution in [-0.2, 0) is 14.8 Å². The van der Waals surface area contributed by atoms with E-state index in [9.17, 15) is 13.2 Å². The number of rotatable bonds is 3. The van der Waals surface area contributed by atoms with Gasteiger partial charge in [-0.2, -0.15) is 4.31 Å². The first-order chi connectivity index (χ1) is 7.01. The minimum atomic E-state index is -3.20. The van der Waals surface area contributed by atoms with E-state index < -0.39 is 21.9 Å². The molecule has 15 heavy (non-hydrogen) atoms. The van der Waals surface area contributed by atoms with Gasteiger partial charge in [0.05, 0.1) is 11.2 Å². The fourth-order valence-electron chi connectivity index (χ4n) is 2.20. The standard InChI is InChI=1S/C9H15NO4S/c11-9(12)7-5-10(6-7)15(13,14)8-3-1-2-4-8/h7-8H,1-6H2,(H,11,12). The van der Waals surface area contributed by atoms with Gasteiger partial charge in [0, 0.05) is 13.1 Å². The van der Waals surface area contributed by atoms with Gasteiger partial charge in [-0.15, -0.1) is 0 Å². The first kappa shape index (κ1) is 10.9. The molecule has 1 aliphatic carbocycles. The quantitative estimate of drug-likeness (QED) is 0.759. The maximum atomic E-state index is 11.9. The Bertz CT molecular complexity index is 352. The van der Waals surface area contributed by atoms with Gasteiger partial charge in [0.15, 0.2) is 0 Å². The van der Waals surface area contributed by atoms with Crippen LogP contribution < -0.4 is 0 Å². The van der Waals surface area contributed by atoms with E-state index in [1.165, 1.54) is 4.31 Å². The van der Waals surface area contributed by atoms with Crippen molar-refractivity contribution in [3.63, 3.8) is 0 Å². The summed E-state index contributed by atoms with van der Waals surface area (Å²) in [6.07, 6.45) is 3.41. The predicted octanol–water partition coefficient (Wildman–Crippen LogP) is 0.275. The van der Waals surface area contributed by atoms with Crippen molar-refractivity contribution in [2.75, 3.05) is 13.1 Å². The van der Waals surface area contributed by atoms with Gasteiger partial charge in [0.2, 0.25) is 10.0 Å². The molecule has 1 saturated carbocycles. The number of nitrogens with zero attached hydrogens (tertiary/aromatic N) is 1. The molecule has 86 valence electrons. The molecule has 1 N–H and O–H groups in total. The van der Waals surface area contributed by atoms with Crippen molar-refractivity contribution >= 4 is 16.0 Å². The molecule has 2 fully saturated rings. The first-order valence-corrected chi connectivity index (χ1v) is 6.74. The highest BCUT2D eigenvalue weighted by Gasteiger charge is 2.43. The fourth-order valence-corrected chi connectivity index (χ4v) is 4.33. The van der Waals surface area contributed by atoms with Crippen LogP contribution in [0, 0.1) is 5.92 Å². The van der Waals surface area contributed by atoms with Crippen LogP contribution in [0.25, 0.3) is 0 Å². The van der Waals surface area contributed by atoms with Crippen LogP contribution in [0.1, 0.15) is 25.7 Å². The van der Waals surface area contributed by atoms with Gasteiger partial charge in [-0.05, 0) is 12.8 Å². The third-order valence-corrected chi connectivity index (χ3v) is 5.61. The number of carbonyl (C=O) groups is 1. The first-order valence-electron chi connectivity index (χ1n) is 5.23. The van der Waals surface area contributed by atoms with Crippen molar-refractivity contribution in [2.24, 2.45) is 5.92 Å². The Balaban J connectivity index is 1.97. The van der Waals surface area contributed by atoms with Crippen LogP contribution in [-0.4, -0.2) is 42.1 Å². The molecule has 0 aromatic rings. The molecular formula is C9H15NO4S. The highest BCUT2D eigenvalue weighted by molar-refractivity contribution is 7.89. The molecule has 0 unspecified atom stereocenters. The molecular weight excluding hydrogens is 218 g/mol. The maximum absolute atomic E-state index is 11.9. The SMILES string of the molecule is O=C(O)C1CN(S(=O)(=O)C2CCCC2)C1. The smallest absolute Gasteiger partial charge is 0.309 e. The largest absolute Gasteiger partial charge is 0.481 e. The lowest BCUT2D eigenvalue weighted by Gasteiger charge is -2.37. The molecule has 2 rings (SSSR count). The highest BCUT2D eigenvalue weighted by Crippen LogP contribution is 2.30. The lowest BCUT2D eigenvalue weighted by atomic mass is 10.0. The zero-order valence-corrected chi connectivity index (χ0v) is 9.24. The minimum absolute atomic E-state index is 0.161. The zero-order chi connectivity index (χ0) is 11.1. The lowest BCUT2D eigenvalue weighted by molar-refractivity contribution is -0.145. The fraction of sp³-hybridized carbons (Fsp3) is 0.889. The van der Waals surface area contributed by atoms with E-state index in [4.69, 9.17) is 5.11 Å². The zero-order valence-electron chi connectivity index (χ0n) is 8.42. The Morgan fingerprint density at radius 3 is 2.20 bits per heavy atom. The second-order valence-corrected chi connectivity index (χ2v) is 6.52. The monoisotopic (exact) mass is 233 g/mol. The van der Waals surface area contributed by atoms with Crippen LogP contribution in [0.4, 0.5) is 0 Å². The van der Waals surface area contributed by atoms with Crippen molar-refractivity contribution < 1.29 is 18.3 Å². The maximum Gasteiger partial charge on any atom is 0.309 e. The van der Waals surface area contributed by atoms with E-state index in [-0.39, 0.29) is 18.3 Å². The van der Waals surface area contributed by atoms with Gasteiger partial charge in [-0.3, -0.25) is 4.79 Å². The van der Waals surface area contributed by atoms with Crippen molar-refractivity contribution in [3.05, 3.63) is 0 Å². The molecule has 0 aromatic heterocycles. The summed E-state index contributed by atoms with van der Waals surface area (Å²) in [4.78, 5) is 10.6. The van der Waals surface area contributed by atoms with Gasteiger partial charge in [-0.25, -0.2) is 8.42 Å². The summed E-state index contributed by atoms with van der Waals surface area (Å²) < 4.78 is 25.2. The van der Waals surface area contributed by atoms with Crippen LogP contribution in [0.5, 0.6) is 0 Å². The Hall–Kier alpha value is -0.620. The molecule has 0 radical (unpaired) electrons. The number of carboxylic acid groups (broad SMARTS) is 1. The third kappa shape index (κ3) is 1.88. The van der Waals surface area contributed by atoms with E-state index in [1.54, 1.807) is 0 Å². The van der Waals surface area contributed by atoms with Crippen LogP contribution >= 0.6 is 0 Å². The minimum Gasteiger partial charge on any atom is -0.481 e. The molecule has 5 nitrogen and oxygen atoms in total. The van der Waals surface area contributed by atoms with Gasteiger partial charge in [0.25, 0.3) is 0 Å². The van der Waals surface area contributed by atoms with Crippen molar-refractivity contribution in [1.82, 2.24) is 4.31 Å². The van der Waals surface area contributed by atoms with Crippen molar-refractivity contribution in [3.8, 4) is 0 Å². The summed E-state index contributed by atoms with van der Waals surface area (Å²) in [5.41, 5.74) is 0. The molecule has 1 saturated heterocycles. The summed E-state index contributed by atoms with van der Waals surface area (Å²) in [6, 6.07) is 0. The van der Waals surface area contributed by atoms with E-state index in [2.05, 4.69) is 0 Å². The summed E-state index contributed by atoms with van der Waals surface area (Å²) in [6.45, 7) is 0.322. The number of hydrogen-bond donors (Lipinski definition) is 1. The number of aliphatic carboxylic acids is 1. The predicted molar refractivity (Wildman–Crippen MR) is 53.9 cm³/mol. The molecule has 1 heterocycles. The van der Waals surface area contributed by atoms with Gasteiger partial charge >= 0.3 is 5.97 Å². The Labute approximate surface area is 89.1 Å². The third-order valence-electron chi connectivity index (χ3n) is 3.28. The van der Waals surface area contributed by atoms with Gasteiger partial charge < -0.3 is 5.11 Å². The molecule has 6 heteroatoms. The molecule has 0 spiro atoms.